The van der Waals surface area contributed by atoms with Crippen molar-refractivity contribution in [3.8, 4) is 5.75 Å². The normalized spacial score (nSPS) is 15.8. The molecular formula is C25H27N3O4. The van der Waals surface area contributed by atoms with Gasteiger partial charge in [0, 0.05) is 26.2 Å². The van der Waals surface area contributed by atoms with E-state index in [1.54, 1.807) is 44.5 Å². The Balaban J connectivity index is 1.49. The van der Waals surface area contributed by atoms with Crippen LogP contribution < -0.4 is 19.9 Å². The average molecular weight is 434 g/mol. The summed E-state index contributed by atoms with van der Waals surface area (Å²) in [6.07, 6.45) is 3.30. The fourth-order valence-corrected chi connectivity index (χ4v) is 4.10. The van der Waals surface area contributed by atoms with Crippen LogP contribution in [0.5, 0.6) is 5.75 Å². The summed E-state index contributed by atoms with van der Waals surface area (Å²) in [5.74, 6) is 0.534. The molecule has 0 bridgehead atoms. The molecule has 1 aliphatic heterocycles. The van der Waals surface area contributed by atoms with Crippen molar-refractivity contribution in [2.24, 2.45) is 0 Å². The number of furan rings is 1. The Bertz CT molecular complexity index is 1080. The summed E-state index contributed by atoms with van der Waals surface area (Å²) in [5, 5.41) is 3.16. The number of methoxy groups -OCH3 is 1. The highest BCUT2D eigenvalue weighted by Gasteiger charge is 2.26. The topological polar surface area (TPSA) is 75.0 Å². The van der Waals surface area contributed by atoms with Crippen molar-refractivity contribution in [1.82, 2.24) is 5.32 Å². The Labute approximate surface area is 187 Å². The molecule has 166 valence electrons. The Morgan fingerprint density at radius 1 is 1.09 bits per heavy atom. The second-order valence-corrected chi connectivity index (χ2v) is 7.79. The van der Waals surface area contributed by atoms with Crippen LogP contribution in [0, 0.1) is 0 Å². The van der Waals surface area contributed by atoms with Gasteiger partial charge in [0.1, 0.15) is 5.75 Å². The van der Waals surface area contributed by atoms with Gasteiger partial charge >= 0.3 is 0 Å². The van der Waals surface area contributed by atoms with Gasteiger partial charge in [-0.2, -0.15) is 0 Å². The van der Waals surface area contributed by atoms with E-state index in [1.807, 2.05) is 30.3 Å². The molecule has 1 aliphatic rings. The molecule has 1 unspecified atom stereocenters. The predicted molar refractivity (Wildman–Crippen MR) is 124 cm³/mol. The molecule has 7 nitrogen and oxygen atoms in total. The molecule has 1 atom stereocenters. The number of ether oxygens (including phenoxy) is 1. The molecule has 0 spiro atoms. The van der Waals surface area contributed by atoms with E-state index in [0.29, 0.717) is 17.8 Å². The molecule has 3 aromatic rings. The molecule has 7 heteroatoms. The van der Waals surface area contributed by atoms with Crippen molar-refractivity contribution < 1.29 is 18.7 Å². The third kappa shape index (κ3) is 4.46. The minimum atomic E-state index is -0.310. The lowest BCUT2D eigenvalue weighted by atomic mass is 10.0. The highest BCUT2D eigenvalue weighted by Crippen LogP contribution is 2.30. The zero-order valence-electron chi connectivity index (χ0n) is 18.3. The predicted octanol–water partition coefficient (Wildman–Crippen LogP) is 3.96. The lowest BCUT2D eigenvalue weighted by Crippen LogP contribution is -2.48. The SMILES string of the molecule is COc1ccccc1N1CCCC(NC(=O)c2ccccc2N(C)C(=O)c2ccco2)C1. The van der Waals surface area contributed by atoms with E-state index in [0.717, 1.165) is 30.8 Å². The zero-order chi connectivity index (χ0) is 22.5. The molecule has 0 saturated carbocycles. The summed E-state index contributed by atoms with van der Waals surface area (Å²) in [6.45, 7) is 1.60. The van der Waals surface area contributed by atoms with E-state index in [9.17, 15) is 9.59 Å². The first-order valence-corrected chi connectivity index (χ1v) is 10.7. The van der Waals surface area contributed by atoms with Gasteiger partial charge in [0.25, 0.3) is 11.8 Å². The average Bonchev–Trinajstić information content (AvgIpc) is 3.38. The van der Waals surface area contributed by atoms with Crippen LogP contribution in [0.2, 0.25) is 0 Å². The van der Waals surface area contributed by atoms with Gasteiger partial charge in [-0.1, -0.05) is 24.3 Å². The third-order valence-electron chi connectivity index (χ3n) is 5.73. The van der Waals surface area contributed by atoms with E-state index >= 15 is 0 Å². The number of hydrogen-bond acceptors (Lipinski definition) is 5. The quantitative estimate of drug-likeness (QED) is 0.637. The summed E-state index contributed by atoms with van der Waals surface area (Å²) in [4.78, 5) is 29.6. The first-order chi connectivity index (χ1) is 15.6. The monoisotopic (exact) mass is 433 g/mol. The molecule has 32 heavy (non-hydrogen) atoms. The second kappa shape index (κ2) is 9.60. The number of nitrogens with one attached hydrogen (secondary N) is 1. The van der Waals surface area contributed by atoms with E-state index in [4.69, 9.17) is 9.15 Å². The van der Waals surface area contributed by atoms with Crippen molar-refractivity contribution in [2.75, 3.05) is 37.0 Å². The maximum atomic E-state index is 13.2. The number of carbonyl (C=O) groups excluding carboxylic acids is 2. The summed E-state index contributed by atoms with van der Waals surface area (Å²) < 4.78 is 10.7. The fourth-order valence-electron chi connectivity index (χ4n) is 4.10. The van der Waals surface area contributed by atoms with Crippen LogP contribution in [0.1, 0.15) is 33.8 Å². The van der Waals surface area contributed by atoms with Gasteiger partial charge in [0.2, 0.25) is 0 Å². The van der Waals surface area contributed by atoms with Gasteiger partial charge in [0.15, 0.2) is 5.76 Å². The lowest BCUT2D eigenvalue weighted by Gasteiger charge is -2.35. The molecule has 0 radical (unpaired) electrons. The molecule has 2 aromatic carbocycles. The minimum Gasteiger partial charge on any atom is -0.495 e. The van der Waals surface area contributed by atoms with Gasteiger partial charge in [-0.15, -0.1) is 0 Å². The van der Waals surface area contributed by atoms with Gasteiger partial charge in [-0.25, -0.2) is 0 Å². The van der Waals surface area contributed by atoms with Gasteiger partial charge in [-0.3, -0.25) is 9.59 Å². The molecular weight excluding hydrogens is 406 g/mol. The van der Waals surface area contributed by atoms with Crippen molar-refractivity contribution in [3.63, 3.8) is 0 Å². The number of rotatable bonds is 6. The largest absolute Gasteiger partial charge is 0.495 e. The van der Waals surface area contributed by atoms with Gasteiger partial charge in [-0.05, 0) is 49.2 Å². The van der Waals surface area contributed by atoms with Crippen LogP contribution in [0.25, 0.3) is 0 Å². The van der Waals surface area contributed by atoms with E-state index in [-0.39, 0.29) is 23.6 Å². The molecule has 1 N–H and O–H groups in total. The summed E-state index contributed by atoms with van der Waals surface area (Å²) in [7, 11) is 3.31. The molecule has 1 aromatic heterocycles. The maximum absolute atomic E-state index is 13.2. The van der Waals surface area contributed by atoms with Crippen molar-refractivity contribution in [1.29, 1.82) is 0 Å². The Hall–Kier alpha value is -3.74. The van der Waals surface area contributed by atoms with Crippen molar-refractivity contribution in [2.45, 2.75) is 18.9 Å². The fraction of sp³-hybridized carbons (Fsp3) is 0.280. The number of carbonyl (C=O) groups is 2. The smallest absolute Gasteiger partial charge is 0.293 e. The highest BCUT2D eigenvalue weighted by atomic mass is 16.5. The number of nitrogens with zero attached hydrogens (tertiary/aromatic N) is 2. The standard InChI is InChI=1S/C25H27N3O4/c1-27(25(30)23-14-8-16-32-23)20-11-4-3-10-19(20)24(29)26-18-9-7-15-28(17-18)21-12-5-6-13-22(21)31-2/h3-6,8,10-14,16,18H,7,9,15,17H2,1-2H3,(H,26,29). The second-order valence-electron chi connectivity index (χ2n) is 7.79. The van der Waals surface area contributed by atoms with Crippen molar-refractivity contribution in [3.05, 3.63) is 78.3 Å². The van der Waals surface area contributed by atoms with Gasteiger partial charge in [0.05, 0.1) is 30.3 Å². The number of amides is 2. The van der Waals surface area contributed by atoms with Crippen LogP contribution in [0.4, 0.5) is 11.4 Å². The Morgan fingerprint density at radius 3 is 2.66 bits per heavy atom. The van der Waals surface area contributed by atoms with E-state index < -0.39 is 0 Å². The summed E-state index contributed by atoms with van der Waals surface area (Å²) >= 11 is 0. The van der Waals surface area contributed by atoms with Crippen LogP contribution in [-0.4, -0.2) is 45.1 Å². The van der Waals surface area contributed by atoms with Crippen LogP contribution in [0.3, 0.4) is 0 Å². The van der Waals surface area contributed by atoms with E-state index in [2.05, 4.69) is 10.2 Å². The van der Waals surface area contributed by atoms with Crippen LogP contribution >= 0.6 is 0 Å². The molecule has 2 amide bonds. The Kier molecular flexibility index (Phi) is 6.44. The number of para-hydroxylation sites is 3. The number of anilines is 2. The molecule has 1 saturated heterocycles. The van der Waals surface area contributed by atoms with E-state index in [1.165, 1.54) is 11.2 Å². The summed E-state index contributed by atoms with van der Waals surface area (Å²) in [5.41, 5.74) is 2.01. The number of hydrogen-bond donors (Lipinski definition) is 1. The number of benzene rings is 2. The summed E-state index contributed by atoms with van der Waals surface area (Å²) in [6, 6.07) is 18.3. The maximum Gasteiger partial charge on any atom is 0.293 e. The molecule has 2 heterocycles. The van der Waals surface area contributed by atoms with Crippen LogP contribution in [0.15, 0.2) is 71.3 Å². The highest BCUT2D eigenvalue weighted by molar-refractivity contribution is 6.09. The molecule has 0 aliphatic carbocycles. The minimum absolute atomic E-state index is 0.0136. The molecule has 1 fully saturated rings. The van der Waals surface area contributed by atoms with Crippen molar-refractivity contribution >= 4 is 23.2 Å². The van der Waals surface area contributed by atoms with Crippen LogP contribution in [-0.2, 0) is 0 Å². The Morgan fingerprint density at radius 2 is 1.88 bits per heavy atom. The zero-order valence-corrected chi connectivity index (χ0v) is 18.3. The third-order valence-corrected chi connectivity index (χ3v) is 5.73. The molecule has 4 rings (SSSR count). The first-order valence-electron chi connectivity index (χ1n) is 10.7. The van der Waals surface area contributed by atoms with Gasteiger partial charge < -0.3 is 24.3 Å². The number of piperidine rings is 1. The lowest BCUT2D eigenvalue weighted by molar-refractivity contribution is 0.0933. The first kappa shape index (κ1) is 21.5.